The lowest BCUT2D eigenvalue weighted by atomic mass is 10.1. The predicted octanol–water partition coefficient (Wildman–Crippen LogP) is 4.24. The highest BCUT2D eigenvalue weighted by atomic mass is 32.1. The minimum Gasteiger partial charge on any atom is -0.372 e. The number of morpholine rings is 1. The summed E-state index contributed by atoms with van der Waals surface area (Å²) in [6, 6.07) is 12.9. The highest BCUT2D eigenvalue weighted by molar-refractivity contribution is 7.19. The van der Waals surface area contributed by atoms with Crippen molar-refractivity contribution in [1.29, 1.82) is 5.26 Å². The lowest BCUT2D eigenvalue weighted by Gasteiger charge is -2.35. The lowest BCUT2D eigenvalue weighted by molar-refractivity contribution is -0.00523. The molecule has 3 aromatic rings. The Morgan fingerprint density at radius 3 is 2.55 bits per heavy atom. The Hall–Kier alpha value is -3.28. The summed E-state index contributed by atoms with van der Waals surface area (Å²) in [7, 11) is 0. The van der Waals surface area contributed by atoms with E-state index < -0.39 is 0 Å². The molecule has 2 atom stereocenters. The molecule has 33 heavy (non-hydrogen) atoms. The molecule has 0 saturated carbocycles. The van der Waals surface area contributed by atoms with E-state index in [0.717, 1.165) is 45.7 Å². The average Bonchev–Trinajstić information content (AvgIpc) is 3.20. The molecule has 1 fully saturated rings. The SMILES string of the molecule is Cc1cc(-c2sc(N3C[C@@H](C)O[C@@H](C)C3)nc2CNC(=O)c2cccc(C#N)c2)cc(C)n1. The molecule has 1 N–H and O–H groups in total. The van der Waals surface area contributed by atoms with Crippen molar-refractivity contribution in [3.8, 4) is 16.5 Å². The van der Waals surface area contributed by atoms with E-state index >= 15 is 0 Å². The molecule has 0 radical (unpaired) electrons. The fourth-order valence-electron chi connectivity index (χ4n) is 4.12. The van der Waals surface area contributed by atoms with Crippen molar-refractivity contribution in [2.75, 3.05) is 18.0 Å². The van der Waals surface area contributed by atoms with E-state index in [4.69, 9.17) is 15.0 Å². The smallest absolute Gasteiger partial charge is 0.251 e. The summed E-state index contributed by atoms with van der Waals surface area (Å²) in [5.74, 6) is -0.233. The molecule has 0 bridgehead atoms. The first-order chi connectivity index (χ1) is 15.8. The number of nitriles is 1. The Morgan fingerprint density at radius 1 is 1.18 bits per heavy atom. The Morgan fingerprint density at radius 2 is 1.88 bits per heavy atom. The Balaban J connectivity index is 1.64. The number of rotatable bonds is 5. The molecule has 1 amide bonds. The van der Waals surface area contributed by atoms with Gasteiger partial charge in [0.2, 0.25) is 0 Å². The van der Waals surface area contributed by atoms with Crippen LogP contribution in [0.4, 0.5) is 5.13 Å². The van der Waals surface area contributed by atoms with Crippen LogP contribution in [0.3, 0.4) is 0 Å². The van der Waals surface area contributed by atoms with Gasteiger partial charge in [0.15, 0.2) is 5.13 Å². The number of benzene rings is 1. The van der Waals surface area contributed by atoms with Crippen LogP contribution in [0.5, 0.6) is 0 Å². The van der Waals surface area contributed by atoms with Crippen molar-refractivity contribution in [3.05, 3.63) is 64.6 Å². The number of nitrogens with zero attached hydrogens (tertiary/aromatic N) is 4. The number of aromatic nitrogens is 2. The number of pyridine rings is 1. The van der Waals surface area contributed by atoms with Gasteiger partial charge in [0.1, 0.15) is 0 Å². The van der Waals surface area contributed by atoms with Gasteiger partial charge in [-0.25, -0.2) is 4.98 Å². The van der Waals surface area contributed by atoms with Crippen molar-refractivity contribution in [2.45, 2.75) is 46.4 Å². The van der Waals surface area contributed by atoms with Crippen molar-refractivity contribution in [1.82, 2.24) is 15.3 Å². The Kier molecular flexibility index (Phi) is 6.72. The molecule has 8 heteroatoms. The van der Waals surface area contributed by atoms with Gasteiger partial charge in [-0.15, -0.1) is 0 Å². The zero-order chi connectivity index (χ0) is 23.5. The number of amides is 1. The number of carbonyl (C=O) groups excluding carboxylic acids is 1. The molecule has 1 aliphatic heterocycles. The first kappa shape index (κ1) is 22.9. The van der Waals surface area contributed by atoms with Gasteiger partial charge in [-0.2, -0.15) is 5.26 Å². The van der Waals surface area contributed by atoms with E-state index in [1.54, 1.807) is 35.6 Å². The van der Waals surface area contributed by atoms with Crippen LogP contribution in [0.1, 0.15) is 46.9 Å². The van der Waals surface area contributed by atoms with Crippen molar-refractivity contribution in [3.63, 3.8) is 0 Å². The molecule has 1 saturated heterocycles. The van der Waals surface area contributed by atoms with Gasteiger partial charge in [-0.3, -0.25) is 9.78 Å². The van der Waals surface area contributed by atoms with Crippen LogP contribution in [0.25, 0.3) is 10.4 Å². The van der Waals surface area contributed by atoms with Crippen LogP contribution in [0, 0.1) is 25.2 Å². The number of carbonyl (C=O) groups is 1. The summed E-state index contributed by atoms with van der Waals surface area (Å²) in [5.41, 5.74) is 4.66. The van der Waals surface area contributed by atoms with Gasteiger partial charge < -0.3 is 15.0 Å². The van der Waals surface area contributed by atoms with Gasteiger partial charge in [0.05, 0.1) is 41.0 Å². The van der Waals surface area contributed by atoms with Crippen LogP contribution in [-0.2, 0) is 11.3 Å². The molecular formula is C25H27N5O2S. The fourth-order valence-corrected chi connectivity index (χ4v) is 5.20. The van der Waals surface area contributed by atoms with E-state index in [1.165, 1.54) is 0 Å². The molecule has 3 heterocycles. The quantitative estimate of drug-likeness (QED) is 0.611. The maximum absolute atomic E-state index is 12.8. The van der Waals surface area contributed by atoms with Gasteiger partial charge in [-0.05, 0) is 63.6 Å². The first-order valence-corrected chi connectivity index (χ1v) is 11.8. The van der Waals surface area contributed by atoms with E-state index in [9.17, 15) is 4.79 Å². The normalized spacial score (nSPS) is 18.1. The standard InChI is InChI=1S/C25H27N5O2S/c1-15-8-21(9-16(2)28-15)23-22(12-27-24(31)20-7-5-6-19(10-20)11-26)29-25(33-23)30-13-17(3)32-18(4)14-30/h5-10,17-18H,12-14H2,1-4H3,(H,27,31)/t17-,18+. The molecule has 4 rings (SSSR count). The molecule has 0 spiro atoms. The monoisotopic (exact) mass is 461 g/mol. The molecule has 7 nitrogen and oxygen atoms in total. The summed E-state index contributed by atoms with van der Waals surface area (Å²) in [4.78, 5) is 25.5. The number of thiazole rings is 1. The lowest BCUT2D eigenvalue weighted by Crippen LogP contribution is -2.45. The third-order valence-electron chi connectivity index (χ3n) is 5.39. The highest BCUT2D eigenvalue weighted by Gasteiger charge is 2.26. The van der Waals surface area contributed by atoms with Gasteiger partial charge in [0, 0.05) is 30.0 Å². The topological polar surface area (TPSA) is 91.1 Å². The number of anilines is 1. The van der Waals surface area contributed by atoms with Crippen LogP contribution in [0.15, 0.2) is 36.4 Å². The first-order valence-electron chi connectivity index (χ1n) is 11.0. The van der Waals surface area contributed by atoms with E-state index in [0.29, 0.717) is 11.1 Å². The highest BCUT2D eigenvalue weighted by Crippen LogP contribution is 2.36. The number of aryl methyl sites for hydroxylation is 2. The molecular weight excluding hydrogens is 434 g/mol. The Bertz CT molecular complexity index is 1190. The van der Waals surface area contributed by atoms with Crippen molar-refractivity contribution in [2.24, 2.45) is 0 Å². The van der Waals surface area contributed by atoms with E-state index in [-0.39, 0.29) is 24.7 Å². The second kappa shape index (κ2) is 9.69. The fraction of sp³-hybridized carbons (Fsp3) is 0.360. The minimum absolute atomic E-state index is 0.127. The molecule has 170 valence electrons. The molecule has 1 aromatic carbocycles. The molecule has 0 aliphatic carbocycles. The maximum Gasteiger partial charge on any atom is 0.251 e. The van der Waals surface area contributed by atoms with Crippen molar-refractivity contribution >= 4 is 22.4 Å². The number of hydrogen-bond donors (Lipinski definition) is 1. The number of nitrogens with one attached hydrogen (secondary N) is 1. The minimum atomic E-state index is -0.233. The second-order valence-corrected chi connectivity index (χ2v) is 9.43. The summed E-state index contributed by atoms with van der Waals surface area (Å²) in [5, 5.41) is 13.0. The van der Waals surface area contributed by atoms with Crippen LogP contribution < -0.4 is 10.2 Å². The zero-order valence-electron chi connectivity index (χ0n) is 19.3. The summed E-state index contributed by atoms with van der Waals surface area (Å²) in [6.07, 6.45) is 0.254. The zero-order valence-corrected chi connectivity index (χ0v) is 20.1. The second-order valence-electron chi connectivity index (χ2n) is 8.45. The molecule has 1 aliphatic rings. The molecule has 0 unspecified atom stereocenters. The Labute approximate surface area is 198 Å². The summed E-state index contributed by atoms with van der Waals surface area (Å²) >= 11 is 1.63. The average molecular weight is 462 g/mol. The summed E-state index contributed by atoms with van der Waals surface area (Å²) in [6.45, 7) is 9.95. The van der Waals surface area contributed by atoms with Crippen LogP contribution in [0.2, 0.25) is 0 Å². The predicted molar refractivity (Wildman–Crippen MR) is 129 cm³/mol. The van der Waals surface area contributed by atoms with E-state index in [1.807, 2.05) is 13.8 Å². The van der Waals surface area contributed by atoms with Gasteiger partial charge in [0.25, 0.3) is 5.91 Å². The number of hydrogen-bond acceptors (Lipinski definition) is 7. The van der Waals surface area contributed by atoms with E-state index in [2.05, 4.69) is 47.3 Å². The largest absolute Gasteiger partial charge is 0.372 e. The van der Waals surface area contributed by atoms with Gasteiger partial charge >= 0.3 is 0 Å². The molecule has 2 aromatic heterocycles. The third kappa shape index (κ3) is 5.38. The third-order valence-corrected chi connectivity index (χ3v) is 6.60. The van der Waals surface area contributed by atoms with Crippen LogP contribution in [-0.4, -0.2) is 41.2 Å². The van der Waals surface area contributed by atoms with Crippen molar-refractivity contribution < 1.29 is 9.53 Å². The van der Waals surface area contributed by atoms with Crippen LogP contribution >= 0.6 is 11.3 Å². The number of ether oxygens (including phenoxy) is 1. The van der Waals surface area contributed by atoms with Gasteiger partial charge in [-0.1, -0.05) is 17.4 Å². The summed E-state index contributed by atoms with van der Waals surface area (Å²) < 4.78 is 5.88. The maximum atomic E-state index is 12.8.